The molecule has 0 radical (unpaired) electrons. The van der Waals surface area contributed by atoms with Crippen molar-refractivity contribution >= 4 is 29.9 Å². The number of rotatable bonds is 2. The van der Waals surface area contributed by atoms with Crippen LogP contribution in [0.25, 0.3) is 0 Å². The molecule has 6 heteroatoms. The van der Waals surface area contributed by atoms with E-state index in [4.69, 9.17) is 10.2 Å². The van der Waals surface area contributed by atoms with Gasteiger partial charge in [-0.2, -0.15) is 0 Å². The molecule has 21 heavy (non-hydrogen) atoms. The highest BCUT2D eigenvalue weighted by molar-refractivity contribution is 14.0. The standard InChI is InChI=1S/C15H26N4O.HI/c1-11-6-5-7-19(10-11)14(16)18-9-13-17-8-12(20-13)15(2,3)4;/h8,11H,5-7,9-10H2,1-4H3,(H2,16,18);1H. The Hall–Kier alpha value is -0.790. The number of aromatic nitrogens is 1. The molecular formula is C15H27IN4O. The van der Waals surface area contributed by atoms with Gasteiger partial charge in [-0.3, -0.25) is 0 Å². The minimum atomic E-state index is -0.0250. The Morgan fingerprint density at radius 3 is 2.81 bits per heavy atom. The fraction of sp³-hybridized carbons (Fsp3) is 0.733. The molecular weight excluding hydrogens is 379 g/mol. The highest BCUT2D eigenvalue weighted by Gasteiger charge is 2.20. The van der Waals surface area contributed by atoms with E-state index in [0.29, 0.717) is 24.3 Å². The molecule has 1 unspecified atom stereocenters. The summed E-state index contributed by atoms with van der Waals surface area (Å²) in [5.41, 5.74) is 6.03. The van der Waals surface area contributed by atoms with Gasteiger partial charge in [0.2, 0.25) is 5.89 Å². The number of nitrogens with zero attached hydrogens (tertiary/aromatic N) is 3. The summed E-state index contributed by atoms with van der Waals surface area (Å²) in [6.07, 6.45) is 4.24. The van der Waals surface area contributed by atoms with E-state index in [1.165, 1.54) is 12.8 Å². The van der Waals surface area contributed by atoms with Crippen LogP contribution >= 0.6 is 24.0 Å². The number of guanidine groups is 1. The SMILES string of the molecule is CC1CCCN(C(N)=NCc2ncc(C(C)(C)C)o2)C1.I. The van der Waals surface area contributed by atoms with E-state index in [-0.39, 0.29) is 29.4 Å². The first-order valence-corrected chi connectivity index (χ1v) is 7.36. The van der Waals surface area contributed by atoms with E-state index < -0.39 is 0 Å². The molecule has 1 aliphatic heterocycles. The van der Waals surface area contributed by atoms with Gasteiger partial charge < -0.3 is 15.1 Å². The lowest BCUT2D eigenvalue weighted by atomic mass is 9.94. The number of piperidine rings is 1. The fourth-order valence-electron chi connectivity index (χ4n) is 2.38. The third-order valence-corrected chi connectivity index (χ3v) is 3.65. The largest absolute Gasteiger partial charge is 0.443 e. The number of hydrogen-bond acceptors (Lipinski definition) is 3. The van der Waals surface area contributed by atoms with Crippen LogP contribution in [-0.2, 0) is 12.0 Å². The molecule has 1 saturated heterocycles. The molecule has 0 amide bonds. The summed E-state index contributed by atoms with van der Waals surface area (Å²) in [5, 5.41) is 0. The molecule has 1 aromatic rings. The molecule has 1 atom stereocenters. The summed E-state index contributed by atoms with van der Waals surface area (Å²) in [4.78, 5) is 10.8. The van der Waals surface area contributed by atoms with Crippen molar-refractivity contribution in [2.75, 3.05) is 13.1 Å². The van der Waals surface area contributed by atoms with E-state index in [1.54, 1.807) is 6.20 Å². The van der Waals surface area contributed by atoms with Crippen LogP contribution < -0.4 is 5.73 Å². The third-order valence-electron chi connectivity index (χ3n) is 3.65. The molecule has 0 aromatic carbocycles. The lowest BCUT2D eigenvalue weighted by Crippen LogP contribution is -2.43. The zero-order chi connectivity index (χ0) is 14.8. The van der Waals surface area contributed by atoms with Gasteiger partial charge in [0.25, 0.3) is 0 Å². The highest BCUT2D eigenvalue weighted by Crippen LogP contribution is 2.23. The van der Waals surface area contributed by atoms with Crippen molar-refractivity contribution in [3.05, 3.63) is 17.8 Å². The van der Waals surface area contributed by atoms with E-state index in [0.717, 1.165) is 18.8 Å². The van der Waals surface area contributed by atoms with Gasteiger partial charge >= 0.3 is 0 Å². The number of halogens is 1. The third kappa shape index (κ3) is 5.16. The number of aliphatic imine (C=N–C) groups is 1. The summed E-state index contributed by atoms with van der Waals surface area (Å²) < 4.78 is 5.71. The van der Waals surface area contributed by atoms with E-state index in [9.17, 15) is 0 Å². The normalized spacial score (nSPS) is 20.3. The average Bonchev–Trinajstić information content (AvgIpc) is 2.84. The van der Waals surface area contributed by atoms with Crippen molar-refractivity contribution in [3.63, 3.8) is 0 Å². The van der Waals surface area contributed by atoms with Crippen LogP contribution in [0.5, 0.6) is 0 Å². The predicted molar refractivity (Wildman–Crippen MR) is 95.9 cm³/mol. The molecule has 1 aromatic heterocycles. The Kier molecular flexibility index (Phi) is 6.49. The highest BCUT2D eigenvalue weighted by atomic mass is 127. The second kappa shape index (κ2) is 7.47. The summed E-state index contributed by atoms with van der Waals surface area (Å²) in [6.45, 7) is 11.0. The monoisotopic (exact) mass is 406 g/mol. The molecule has 0 saturated carbocycles. The minimum Gasteiger partial charge on any atom is -0.443 e. The first-order chi connectivity index (χ1) is 9.36. The van der Waals surface area contributed by atoms with Crippen LogP contribution in [0.15, 0.2) is 15.6 Å². The molecule has 2 rings (SSSR count). The van der Waals surface area contributed by atoms with Gasteiger partial charge in [-0.25, -0.2) is 9.98 Å². The molecule has 1 fully saturated rings. The van der Waals surface area contributed by atoms with Gasteiger partial charge in [-0.05, 0) is 18.8 Å². The first-order valence-electron chi connectivity index (χ1n) is 7.36. The molecule has 2 heterocycles. The molecule has 0 spiro atoms. The van der Waals surface area contributed by atoms with E-state index in [2.05, 4.69) is 42.6 Å². The lowest BCUT2D eigenvalue weighted by molar-refractivity contribution is 0.270. The minimum absolute atomic E-state index is 0. The number of oxazole rings is 1. The van der Waals surface area contributed by atoms with Gasteiger partial charge in [-0.1, -0.05) is 27.7 Å². The van der Waals surface area contributed by atoms with Gasteiger partial charge in [0, 0.05) is 18.5 Å². The Morgan fingerprint density at radius 1 is 1.52 bits per heavy atom. The average molecular weight is 406 g/mol. The van der Waals surface area contributed by atoms with Crippen LogP contribution in [0.2, 0.25) is 0 Å². The molecule has 1 aliphatic rings. The van der Waals surface area contributed by atoms with E-state index in [1.807, 2.05) is 0 Å². The fourth-order valence-corrected chi connectivity index (χ4v) is 2.38. The quantitative estimate of drug-likeness (QED) is 0.466. The second-order valence-electron chi connectivity index (χ2n) is 6.74. The van der Waals surface area contributed by atoms with Crippen molar-refractivity contribution in [3.8, 4) is 0 Å². The number of nitrogens with two attached hydrogens (primary N) is 1. The van der Waals surface area contributed by atoms with Crippen LogP contribution in [0, 0.1) is 5.92 Å². The van der Waals surface area contributed by atoms with Crippen molar-refractivity contribution < 1.29 is 4.42 Å². The van der Waals surface area contributed by atoms with Crippen LogP contribution in [-0.4, -0.2) is 28.9 Å². The van der Waals surface area contributed by atoms with Crippen LogP contribution in [0.3, 0.4) is 0 Å². The summed E-state index contributed by atoms with van der Waals surface area (Å²) in [7, 11) is 0. The maximum atomic E-state index is 6.06. The second-order valence-corrected chi connectivity index (χ2v) is 6.74. The lowest BCUT2D eigenvalue weighted by Gasteiger charge is -2.31. The maximum absolute atomic E-state index is 6.06. The van der Waals surface area contributed by atoms with Crippen molar-refractivity contribution in [2.24, 2.45) is 16.6 Å². The molecule has 5 nitrogen and oxygen atoms in total. The molecule has 0 bridgehead atoms. The van der Waals surface area contributed by atoms with Crippen LogP contribution in [0.1, 0.15) is 52.2 Å². The van der Waals surface area contributed by atoms with Gasteiger partial charge in [0.15, 0.2) is 5.96 Å². The topological polar surface area (TPSA) is 67.7 Å². The maximum Gasteiger partial charge on any atom is 0.216 e. The summed E-state index contributed by atoms with van der Waals surface area (Å²) >= 11 is 0. The van der Waals surface area contributed by atoms with Crippen molar-refractivity contribution in [1.29, 1.82) is 0 Å². The zero-order valence-corrected chi connectivity index (χ0v) is 15.8. The molecule has 120 valence electrons. The van der Waals surface area contributed by atoms with Crippen LogP contribution in [0.4, 0.5) is 0 Å². The van der Waals surface area contributed by atoms with Crippen molar-refractivity contribution in [1.82, 2.24) is 9.88 Å². The number of likely N-dealkylation sites (tertiary alicyclic amines) is 1. The zero-order valence-electron chi connectivity index (χ0n) is 13.4. The van der Waals surface area contributed by atoms with E-state index >= 15 is 0 Å². The van der Waals surface area contributed by atoms with Gasteiger partial charge in [-0.15, -0.1) is 24.0 Å². The predicted octanol–water partition coefficient (Wildman–Crippen LogP) is 3.14. The molecule has 0 aliphatic carbocycles. The number of hydrogen-bond donors (Lipinski definition) is 1. The molecule has 2 N–H and O–H groups in total. The van der Waals surface area contributed by atoms with Gasteiger partial charge in [0.1, 0.15) is 12.3 Å². The Labute approximate surface area is 144 Å². The summed E-state index contributed by atoms with van der Waals surface area (Å²) in [5.74, 6) is 2.80. The Morgan fingerprint density at radius 2 is 2.24 bits per heavy atom. The smallest absolute Gasteiger partial charge is 0.216 e. The Balaban J connectivity index is 0.00000220. The summed E-state index contributed by atoms with van der Waals surface area (Å²) in [6, 6.07) is 0. The Bertz CT molecular complexity index is 478. The first kappa shape index (κ1) is 18.3. The van der Waals surface area contributed by atoms with Gasteiger partial charge in [0.05, 0.1) is 6.20 Å². The van der Waals surface area contributed by atoms with Crippen molar-refractivity contribution in [2.45, 2.75) is 52.5 Å².